The lowest BCUT2D eigenvalue weighted by molar-refractivity contribution is 0.500. The summed E-state index contributed by atoms with van der Waals surface area (Å²) in [6, 6.07) is 0. The number of unbranched alkanes of at least 4 members (excludes halogenated alkanes) is 24. The Morgan fingerprint density at radius 2 is 0.981 bits per heavy atom. The molecule has 1 heteroatoms. The Balaban J connectivity index is -0.000000977. The van der Waals surface area contributed by atoms with Crippen LogP contribution in [0.25, 0.3) is 0 Å². The van der Waals surface area contributed by atoms with Gasteiger partial charge in [0, 0.05) is 12.7 Å². The minimum absolute atomic E-state index is 0.797. The third kappa shape index (κ3) is 48.5. The van der Waals surface area contributed by atoms with Gasteiger partial charge in [0.2, 0.25) is 0 Å². The maximum atomic E-state index is 3.96. The summed E-state index contributed by atoms with van der Waals surface area (Å²) in [5.74, 6) is 0.797. The number of rotatable bonds is 37. The van der Waals surface area contributed by atoms with Gasteiger partial charge < -0.3 is 5.32 Å². The summed E-state index contributed by atoms with van der Waals surface area (Å²) >= 11 is 0. The lowest BCUT2D eigenvalue weighted by atomic mass is 9.92. The quantitative estimate of drug-likeness (QED) is 0.0382. The second-order valence-corrected chi connectivity index (χ2v) is 15.6. The van der Waals surface area contributed by atoms with Gasteiger partial charge >= 0.3 is 0 Å². The van der Waals surface area contributed by atoms with E-state index in [2.05, 4.69) is 77.1 Å². The summed E-state index contributed by atoms with van der Waals surface area (Å²) in [4.78, 5) is 0. The predicted octanol–water partition coefficient (Wildman–Crippen LogP) is 18.5. The molecule has 1 N–H and O–H groups in total. The number of nitrogens with one attached hydrogen (secondary N) is 1. The fraction of sp³-hybridized carbons (Fsp3) is 0.824. The van der Waals surface area contributed by atoms with Gasteiger partial charge in [-0.1, -0.05) is 226 Å². The molecule has 0 spiro atoms. The molecule has 0 bridgehead atoms. The van der Waals surface area contributed by atoms with E-state index in [1.165, 1.54) is 204 Å². The second kappa shape index (κ2) is 49.5. The fourth-order valence-electron chi connectivity index (χ4n) is 6.79. The first-order valence-electron chi connectivity index (χ1n) is 23.5. The fourth-order valence-corrected chi connectivity index (χ4v) is 6.79. The van der Waals surface area contributed by atoms with Crippen molar-refractivity contribution >= 4 is 0 Å². The van der Waals surface area contributed by atoms with E-state index in [0.717, 1.165) is 25.2 Å². The van der Waals surface area contributed by atoms with Crippen molar-refractivity contribution in [2.75, 3.05) is 7.05 Å². The topological polar surface area (TPSA) is 12.0 Å². The van der Waals surface area contributed by atoms with E-state index in [4.69, 9.17) is 0 Å². The molecule has 0 aromatic rings. The van der Waals surface area contributed by atoms with E-state index < -0.39 is 0 Å². The molecular formula is C51H99N. The van der Waals surface area contributed by atoms with E-state index in [-0.39, 0.29) is 0 Å². The zero-order valence-electron chi connectivity index (χ0n) is 37.6. The highest BCUT2D eigenvalue weighted by Gasteiger charge is 2.06. The first kappa shape index (κ1) is 54.9. The lowest BCUT2D eigenvalue weighted by Gasteiger charge is -2.14. The third-order valence-electron chi connectivity index (χ3n) is 10.4. The average molecular weight is 726 g/mol. The number of allylic oxidation sites excluding steroid dienone is 6. The molecule has 0 aliphatic heterocycles. The van der Waals surface area contributed by atoms with Crippen molar-refractivity contribution in [3.8, 4) is 0 Å². The molecule has 0 radical (unpaired) electrons. The van der Waals surface area contributed by atoms with E-state index in [9.17, 15) is 0 Å². The zero-order chi connectivity index (χ0) is 39.2. The van der Waals surface area contributed by atoms with Gasteiger partial charge in [-0.05, 0) is 82.6 Å². The maximum absolute atomic E-state index is 3.96. The Morgan fingerprint density at radius 3 is 1.38 bits per heavy atom. The van der Waals surface area contributed by atoms with Crippen LogP contribution in [0.5, 0.6) is 0 Å². The smallest absolute Gasteiger partial charge is 0.00310 e. The van der Waals surface area contributed by atoms with Gasteiger partial charge in [-0.2, -0.15) is 0 Å². The second-order valence-electron chi connectivity index (χ2n) is 15.6. The normalized spacial score (nSPS) is 11.7. The predicted molar refractivity (Wildman–Crippen MR) is 244 cm³/mol. The van der Waals surface area contributed by atoms with Gasteiger partial charge in [-0.25, -0.2) is 0 Å². The van der Waals surface area contributed by atoms with Crippen LogP contribution in [0.3, 0.4) is 0 Å². The van der Waals surface area contributed by atoms with Crippen molar-refractivity contribution in [1.82, 2.24) is 5.32 Å². The molecule has 0 aromatic heterocycles. The first-order chi connectivity index (χ1) is 25.4. The van der Waals surface area contributed by atoms with Crippen LogP contribution in [0.4, 0.5) is 0 Å². The molecule has 52 heavy (non-hydrogen) atoms. The molecule has 0 aliphatic carbocycles. The molecule has 0 saturated heterocycles. The molecule has 0 heterocycles. The van der Waals surface area contributed by atoms with Crippen molar-refractivity contribution < 1.29 is 0 Å². The summed E-state index contributed by atoms with van der Waals surface area (Å²) in [6.45, 7) is 23.1. The van der Waals surface area contributed by atoms with Crippen molar-refractivity contribution in [1.29, 1.82) is 0 Å². The first-order valence-corrected chi connectivity index (χ1v) is 23.5. The van der Waals surface area contributed by atoms with Gasteiger partial charge in [0.15, 0.2) is 0 Å². The standard InChI is InChI=1S/C31H56.C18H37N.C2H6/c1-6-9-10-11-12-13-14-15-16-17-18-19-20-21-22-23-25-30(5)28-31(24-7-2)27-26-29(4)8-3;1-4-5-6-7-8-9-10-11-12-13-14-15-16-17-18(2)19-3;1-2/h20-21,24,30H,3,6-7,9-19,22-23,25-28H2,1-2,4-5H3;19H,2,4-17H2,1,3H3;1-2H3/b21-20+,31-24+;;. The molecule has 0 saturated carbocycles. The minimum Gasteiger partial charge on any atom is -0.392 e. The Morgan fingerprint density at radius 1 is 0.577 bits per heavy atom. The molecule has 1 unspecified atom stereocenters. The van der Waals surface area contributed by atoms with Crippen LogP contribution in [0.15, 0.2) is 54.0 Å². The summed E-state index contributed by atoms with van der Waals surface area (Å²) < 4.78 is 0. The average Bonchev–Trinajstić information content (AvgIpc) is 3.16. The molecule has 1 atom stereocenters. The third-order valence-corrected chi connectivity index (χ3v) is 10.4. The van der Waals surface area contributed by atoms with Crippen LogP contribution >= 0.6 is 0 Å². The van der Waals surface area contributed by atoms with Gasteiger partial charge in [0.05, 0.1) is 0 Å². The zero-order valence-corrected chi connectivity index (χ0v) is 37.6. The molecule has 308 valence electrons. The van der Waals surface area contributed by atoms with Crippen molar-refractivity contribution in [3.05, 3.63) is 54.0 Å². The van der Waals surface area contributed by atoms with Crippen LogP contribution in [0.2, 0.25) is 0 Å². The van der Waals surface area contributed by atoms with E-state index in [1.54, 1.807) is 5.57 Å². The molecule has 0 aliphatic rings. The van der Waals surface area contributed by atoms with Crippen molar-refractivity contribution in [2.24, 2.45) is 5.92 Å². The van der Waals surface area contributed by atoms with Gasteiger partial charge in [-0.3, -0.25) is 0 Å². The van der Waals surface area contributed by atoms with Crippen LogP contribution in [0.1, 0.15) is 260 Å². The van der Waals surface area contributed by atoms with E-state index in [1.807, 2.05) is 20.9 Å². The van der Waals surface area contributed by atoms with Gasteiger partial charge in [0.1, 0.15) is 0 Å². The van der Waals surface area contributed by atoms with Crippen LogP contribution in [-0.4, -0.2) is 7.05 Å². The SMILES string of the molecule is C=C(CCCCCCCCCCCCCCC)NC.C=C=C(C)CC/C(=C\CC)CC(C)CCC/C=C/CCCCCCCCCCCCC.CC. The highest BCUT2D eigenvalue weighted by atomic mass is 14.8. The Bertz CT molecular complexity index is 794. The van der Waals surface area contributed by atoms with Gasteiger partial charge in [-0.15, -0.1) is 5.73 Å². The highest BCUT2D eigenvalue weighted by molar-refractivity contribution is 5.07. The Labute approximate surface area is 331 Å². The molecule has 0 rings (SSSR count). The Hall–Kier alpha value is -1.46. The Kier molecular flexibility index (Phi) is 52.3. The number of hydrogen-bond donors (Lipinski definition) is 1. The largest absolute Gasteiger partial charge is 0.392 e. The van der Waals surface area contributed by atoms with Crippen molar-refractivity contribution in [2.45, 2.75) is 260 Å². The number of hydrogen-bond acceptors (Lipinski definition) is 1. The summed E-state index contributed by atoms with van der Waals surface area (Å²) in [5, 5.41) is 3.11. The summed E-state index contributed by atoms with van der Waals surface area (Å²) in [5.41, 5.74) is 7.14. The van der Waals surface area contributed by atoms with Crippen LogP contribution in [0, 0.1) is 5.92 Å². The molecule has 1 nitrogen and oxygen atoms in total. The molecular weight excluding hydrogens is 627 g/mol. The maximum Gasteiger partial charge on any atom is 0.00310 e. The minimum atomic E-state index is 0.797. The summed E-state index contributed by atoms with van der Waals surface area (Å²) in [7, 11) is 1.96. The molecule has 0 amide bonds. The highest BCUT2D eigenvalue weighted by Crippen LogP contribution is 2.23. The van der Waals surface area contributed by atoms with Gasteiger partial charge in [0.25, 0.3) is 0 Å². The molecule has 0 aromatic carbocycles. The van der Waals surface area contributed by atoms with E-state index in [0.29, 0.717) is 0 Å². The van der Waals surface area contributed by atoms with E-state index >= 15 is 0 Å². The van der Waals surface area contributed by atoms with Crippen LogP contribution in [-0.2, 0) is 0 Å². The van der Waals surface area contributed by atoms with Crippen molar-refractivity contribution in [3.63, 3.8) is 0 Å². The molecule has 0 fully saturated rings. The van der Waals surface area contributed by atoms with Crippen LogP contribution < -0.4 is 5.32 Å². The summed E-state index contributed by atoms with van der Waals surface area (Å²) in [6.07, 6.45) is 52.7. The lowest BCUT2D eigenvalue weighted by Crippen LogP contribution is -2.03. The monoisotopic (exact) mass is 726 g/mol.